The zero-order valence-corrected chi connectivity index (χ0v) is 21.6. The summed E-state index contributed by atoms with van der Waals surface area (Å²) in [5.41, 5.74) is -2.38. The Kier molecular flexibility index (Phi) is 6.84. The van der Waals surface area contributed by atoms with Crippen molar-refractivity contribution in [2.45, 2.75) is 104 Å². The minimum Gasteiger partial charge on any atom is -0.463 e. The predicted molar refractivity (Wildman–Crippen MR) is 125 cm³/mol. The molecule has 0 bridgehead atoms. The molecule has 0 saturated heterocycles. The quantitative estimate of drug-likeness (QED) is 0.459. The van der Waals surface area contributed by atoms with Gasteiger partial charge in [0.1, 0.15) is 24.1 Å². The number of fused-ring (bicyclic) bond motifs is 5. The molecule has 0 heterocycles. The third kappa shape index (κ3) is 4.30. The van der Waals surface area contributed by atoms with Crippen molar-refractivity contribution >= 4 is 23.7 Å². The van der Waals surface area contributed by atoms with E-state index in [1.807, 2.05) is 6.92 Å². The van der Waals surface area contributed by atoms with Crippen LogP contribution in [-0.4, -0.2) is 53.2 Å². The number of hydrogen-bond donors (Lipinski definition) is 1. The molecule has 0 aromatic heterocycles. The Bertz CT molecular complexity index is 900. The van der Waals surface area contributed by atoms with Gasteiger partial charge in [0.05, 0.1) is 0 Å². The van der Waals surface area contributed by atoms with Gasteiger partial charge in [-0.2, -0.15) is 0 Å². The van der Waals surface area contributed by atoms with Crippen LogP contribution in [0.25, 0.3) is 0 Å². The number of carbonyl (C=O) groups excluding carboxylic acids is 4. The van der Waals surface area contributed by atoms with Crippen LogP contribution in [0.15, 0.2) is 0 Å². The number of aliphatic hydroxyl groups is 1. The molecular weight excluding hydrogens is 452 g/mol. The molecule has 4 fully saturated rings. The Morgan fingerprint density at radius 1 is 1.00 bits per heavy atom. The molecule has 4 aliphatic carbocycles. The van der Waals surface area contributed by atoms with Gasteiger partial charge in [-0.3, -0.25) is 19.2 Å². The number of Topliss-reactive ketones (excluding diaryl/α,β-unsaturated/α-hetero) is 1. The maximum absolute atomic E-state index is 13.9. The van der Waals surface area contributed by atoms with E-state index in [0.29, 0.717) is 12.3 Å². The first kappa shape index (κ1) is 26.1. The number of esters is 3. The highest BCUT2D eigenvalue weighted by Crippen LogP contribution is 2.68. The molecular formula is C27H40O8. The Morgan fingerprint density at radius 2 is 1.71 bits per heavy atom. The lowest BCUT2D eigenvalue weighted by atomic mass is 9.44. The number of ketones is 1. The molecule has 8 nitrogen and oxygen atoms in total. The monoisotopic (exact) mass is 492 g/mol. The van der Waals surface area contributed by atoms with Crippen LogP contribution in [0.3, 0.4) is 0 Å². The molecule has 35 heavy (non-hydrogen) atoms. The average Bonchev–Trinajstić information content (AvgIpc) is 3.01. The minimum atomic E-state index is -1.45. The second-order valence-electron chi connectivity index (χ2n) is 12.0. The Balaban J connectivity index is 1.60. The molecule has 196 valence electrons. The summed E-state index contributed by atoms with van der Waals surface area (Å²) in [6.07, 6.45) is 4.51. The van der Waals surface area contributed by atoms with Crippen molar-refractivity contribution in [1.29, 1.82) is 0 Å². The molecule has 4 saturated carbocycles. The summed E-state index contributed by atoms with van der Waals surface area (Å²) in [5, 5.41) is 12.0. The van der Waals surface area contributed by atoms with Gasteiger partial charge in [-0.05, 0) is 68.1 Å². The maximum Gasteiger partial charge on any atom is 0.303 e. The summed E-state index contributed by atoms with van der Waals surface area (Å²) >= 11 is 0. The van der Waals surface area contributed by atoms with Crippen molar-refractivity contribution in [3.8, 4) is 0 Å². The highest BCUT2D eigenvalue weighted by molar-refractivity contribution is 5.84. The van der Waals surface area contributed by atoms with Crippen LogP contribution in [0.4, 0.5) is 0 Å². The van der Waals surface area contributed by atoms with E-state index in [0.717, 1.165) is 38.5 Å². The van der Waals surface area contributed by atoms with Crippen molar-refractivity contribution in [3.63, 3.8) is 0 Å². The van der Waals surface area contributed by atoms with Crippen molar-refractivity contribution in [2.24, 2.45) is 34.5 Å². The fraction of sp³-hybridized carbons (Fsp3) is 0.852. The summed E-state index contributed by atoms with van der Waals surface area (Å²) in [7, 11) is 0. The second kappa shape index (κ2) is 9.16. The van der Waals surface area contributed by atoms with Gasteiger partial charge in [-0.15, -0.1) is 0 Å². The summed E-state index contributed by atoms with van der Waals surface area (Å²) in [6.45, 7) is 7.96. The first-order valence-electron chi connectivity index (χ1n) is 13.0. The van der Waals surface area contributed by atoms with Crippen LogP contribution in [-0.2, 0) is 33.4 Å². The van der Waals surface area contributed by atoms with Gasteiger partial charge in [0.25, 0.3) is 0 Å². The highest BCUT2D eigenvalue weighted by Gasteiger charge is 2.69. The lowest BCUT2D eigenvalue weighted by Crippen LogP contribution is -2.63. The molecule has 8 heteroatoms. The van der Waals surface area contributed by atoms with Crippen molar-refractivity contribution < 1.29 is 38.5 Å². The molecule has 4 aliphatic rings. The number of rotatable bonds is 5. The third-order valence-corrected chi connectivity index (χ3v) is 10.1. The van der Waals surface area contributed by atoms with Gasteiger partial charge in [-0.25, -0.2) is 0 Å². The molecule has 0 aromatic rings. The molecule has 0 radical (unpaired) electrons. The van der Waals surface area contributed by atoms with Crippen LogP contribution >= 0.6 is 0 Å². The second-order valence-corrected chi connectivity index (χ2v) is 12.0. The fourth-order valence-electron chi connectivity index (χ4n) is 8.60. The Labute approximate surface area is 207 Å². The van der Waals surface area contributed by atoms with Crippen LogP contribution in [0, 0.1) is 34.5 Å². The normalized spacial score (nSPS) is 43.3. The smallest absolute Gasteiger partial charge is 0.303 e. The lowest BCUT2D eigenvalue weighted by Gasteiger charge is -2.61. The van der Waals surface area contributed by atoms with Crippen molar-refractivity contribution in [1.82, 2.24) is 0 Å². The summed E-state index contributed by atoms with van der Waals surface area (Å²) in [4.78, 5) is 48.8. The first-order chi connectivity index (χ1) is 16.3. The van der Waals surface area contributed by atoms with Crippen molar-refractivity contribution in [3.05, 3.63) is 0 Å². The van der Waals surface area contributed by atoms with E-state index in [-0.39, 0.29) is 54.1 Å². The summed E-state index contributed by atoms with van der Waals surface area (Å²) < 4.78 is 16.2. The highest BCUT2D eigenvalue weighted by atomic mass is 16.6. The lowest BCUT2D eigenvalue weighted by molar-refractivity contribution is -0.211. The van der Waals surface area contributed by atoms with Crippen LogP contribution in [0.2, 0.25) is 0 Å². The predicted octanol–water partition coefficient (Wildman–Crippen LogP) is 3.37. The molecule has 4 rings (SSSR count). The summed E-state index contributed by atoms with van der Waals surface area (Å²) in [6, 6.07) is 0. The largest absolute Gasteiger partial charge is 0.463 e. The Morgan fingerprint density at radius 3 is 2.34 bits per heavy atom. The minimum absolute atomic E-state index is 0.0755. The number of ether oxygens (including phenoxy) is 3. The van der Waals surface area contributed by atoms with Gasteiger partial charge in [0.15, 0.2) is 6.10 Å². The van der Waals surface area contributed by atoms with E-state index < -0.39 is 29.1 Å². The molecule has 9 atom stereocenters. The zero-order valence-electron chi connectivity index (χ0n) is 21.6. The van der Waals surface area contributed by atoms with Gasteiger partial charge in [-0.1, -0.05) is 13.8 Å². The van der Waals surface area contributed by atoms with E-state index in [1.165, 1.54) is 20.8 Å². The van der Waals surface area contributed by atoms with Gasteiger partial charge in [0.2, 0.25) is 0 Å². The van der Waals surface area contributed by atoms with Gasteiger partial charge >= 0.3 is 17.9 Å². The average molecular weight is 493 g/mol. The van der Waals surface area contributed by atoms with E-state index in [2.05, 4.69) is 6.92 Å². The number of hydrogen-bond acceptors (Lipinski definition) is 8. The van der Waals surface area contributed by atoms with E-state index in [1.54, 1.807) is 0 Å². The molecule has 0 amide bonds. The molecule has 0 aliphatic heterocycles. The van der Waals surface area contributed by atoms with Gasteiger partial charge in [0, 0.05) is 38.5 Å². The molecule has 0 unspecified atom stereocenters. The van der Waals surface area contributed by atoms with E-state index in [9.17, 15) is 24.3 Å². The van der Waals surface area contributed by atoms with Crippen molar-refractivity contribution in [2.75, 3.05) is 6.61 Å². The van der Waals surface area contributed by atoms with Gasteiger partial charge < -0.3 is 19.3 Å². The SMILES string of the molecule is CC(=O)OC[C@H](OC(C)=O)[C@]1(O)CC[C@H]2[C@@H]3CC[C@H]4C[C@H](OC(C)=O)CC[C@]4(C)[C@H]3C(=O)C[C@@]21C. The maximum atomic E-state index is 13.9. The third-order valence-electron chi connectivity index (χ3n) is 10.1. The molecule has 0 aromatic carbocycles. The molecule has 1 N–H and O–H groups in total. The van der Waals surface area contributed by atoms with Crippen LogP contribution in [0.1, 0.15) is 86.0 Å². The van der Waals surface area contributed by atoms with E-state index in [4.69, 9.17) is 14.2 Å². The summed E-state index contributed by atoms with van der Waals surface area (Å²) in [5.74, 6) is -0.655. The topological polar surface area (TPSA) is 116 Å². The zero-order chi connectivity index (χ0) is 25.8. The standard InChI is InChI=1S/C27H40O8/c1-15(28)33-14-23(35-17(3)30)27(32)11-9-21-20-7-6-18-12-19(34-16(2)29)8-10-25(18,4)24(20)22(31)13-26(21,27)5/h18-21,23-24,32H,6-14H2,1-5H3/t18-,19+,20-,21-,23-,24+,25-,26-,27+/m0/s1. The Hall–Kier alpha value is -1.96. The van der Waals surface area contributed by atoms with E-state index >= 15 is 0 Å². The van der Waals surface area contributed by atoms with Crippen LogP contribution in [0.5, 0.6) is 0 Å². The molecule has 0 spiro atoms. The number of carbonyl (C=O) groups is 4. The van der Waals surface area contributed by atoms with Crippen LogP contribution < -0.4 is 0 Å². The first-order valence-corrected chi connectivity index (χ1v) is 13.0. The fourth-order valence-corrected chi connectivity index (χ4v) is 8.60.